The third-order valence-corrected chi connectivity index (χ3v) is 4.99. The van der Waals surface area contributed by atoms with Crippen LogP contribution in [0.1, 0.15) is 37.5 Å². The second-order valence-corrected chi connectivity index (χ2v) is 8.60. The van der Waals surface area contributed by atoms with Gasteiger partial charge in [-0.2, -0.15) is 0 Å². The zero-order valence-corrected chi connectivity index (χ0v) is 19.0. The maximum absolute atomic E-state index is 12.3. The highest BCUT2D eigenvalue weighted by Crippen LogP contribution is 2.28. The van der Waals surface area contributed by atoms with E-state index in [4.69, 9.17) is 14.6 Å². The number of nitrogens with zero attached hydrogens (tertiary/aromatic N) is 2. The van der Waals surface area contributed by atoms with E-state index in [-0.39, 0.29) is 25.0 Å². The number of nitrogens with one attached hydrogen (secondary N) is 1. The lowest BCUT2D eigenvalue weighted by molar-refractivity contribution is -0.140. The van der Waals surface area contributed by atoms with Crippen molar-refractivity contribution in [1.82, 2.24) is 10.2 Å². The summed E-state index contributed by atoms with van der Waals surface area (Å²) in [4.78, 5) is 38.9. The fraction of sp³-hybridized carbons (Fsp3) is 0.591. The number of carboxylic acid groups (broad SMARTS) is 1. The molecule has 1 aromatic carbocycles. The third kappa shape index (κ3) is 7.43. The van der Waals surface area contributed by atoms with E-state index in [9.17, 15) is 14.4 Å². The SMILES string of the molecule is COC(=O)Cc1cc(CNCC(=O)O)cc(N2CCN(C(=O)OC(C)(C)C)CC2)c1C. The van der Waals surface area contributed by atoms with E-state index in [0.29, 0.717) is 32.7 Å². The first kappa shape index (κ1) is 24.5. The summed E-state index contributed by atoms with van der Waals surface area (Å²) in [6.07, 6.45) is -0.179. The first-order valence-corrected chi connectivity index (χ1v) is 10.3. The van der Waals surface area contributed by atoms with Crippen molar-refractivity contribution in [3.8, 4) is 0 Å². The van der Waals surface area contributed by atoms with Gasteiger partial charge in [-0.25, -0.2) is 4.79 Å². The summed E-state index contributed by atoms with van der Waals surface area (Å²) in [5.41, 5.74) is 3.13. The normalized spacial score (nSPS) is 14.4. The molecule has 31 heavy (non-hydrogen) atoms. The van der Waals surface area contributed by atoms with E-state index < -0.39 is 11.6 Å². The predicted octanol–water partition coefficient (Wildman–Crippen LogP) is 1.94. The van der Waals surface area contributed by atoms with E-state index in [0.717, 1.165) is 22.4 Å². The highest BCUT2D eigenvalue weighted by molar-refractivity contribution is 5.75. The van der Waals surface area contributed by atoms with Crippen LogP contribution in [-0.2, 0) is 32.0 Å². The number of aliphatic carboxylic acids is 1. The number of hydrogen-bond donors (Lipinski definition) is 2. The van der Waals surface area contributed by atoms with Crippen molar-refractivity contribution < 1.29 is 29.0 Å². The summed E-state index contributed by atoms with van der Waals surface area (Å²) in [5, 5.41) is 11.8. The molecule has 0 radical (unpaired) electrons. The quantitative estimate of drug-likeness (QED) is 0.626. The third-order valence-electron chi connectivity index (χ3n) is 4.99. The highest BCUT2D eigenvalue weighted by atomic mass is 16.6. The Morgan fingerprint density at radius 3 is 2.32 bits per heavy atom. The van der Waals surface area contributed by atoms with Crippen molar-refractivity contribution in [3.05, 3.63) is 28.8 Å². The molecular weight excluding hydrogens is 402 g/mol. The minimum atomic E-state index is -0.930. The molecule has 1 saturated heterocycles. The van der Waals surface area contributed by atoms with Crippen molar-refractivity contribution in [1.29, 1.82) is 0 Å². The number of anilines is 1. The Balaban J connectivity index is 2.18. The molecule has 1 aliphatic rings. The molecule has 0 aliphatic carbocycles. The largest absolute Gasteiger partial charge is 0.480 e. The number of carboxylic acids is 1. The van der Waals surface area contributed by atoms with E-state index in [1.807, 2.05) is 39.8 Å². The molecule has 1 fully saturated rings. The Labute approximate surface area is 183 Å². The van der Waals surface area contributed by atoms with Gasteiger partial charge in [-0.3, -0.25) is 9.59 Å². The van der Waals surface area contributed by atoms with Gasteiger partial charge in [0.25, 0.3) is 0 Å². The molecule has 1 amide bonds. The number of piperazine rings is 1. The Kier molecular flexibility index (Phi) is 8.27. The van der Waals surface area contributed by atoms with Gasteiger partial charge >= 0.3 is 18.0 Å². The van der Waals surface area contributed by atoms with Crippen LogP contribution in [0.4, 0.5) is 10.5 Å². The molecular formula is C22H33N3O6. The Hall–Kier alpha value is -2.81. The molecule has 0 unspecified atom stereocenters. The van der Waals surface area contributed by atoms with Gasteiger partial charge in [0, 0.05) is 38.4 Å². The molecule has 2 rings (SSSR count). The zero-order chi connectivity index (χ0) is 23.2. The van der Waals surface area contributed by atoms with Crippen molar-refractivity contribution in [2.45, 2.75) is 46.3 Å². The molecule has 1 heterocycles. The molecule has 0 aromatic heterocycles. The number of carbonyl (C=O) groups excluding carboxylic acids is 2. The van der Waals surface area contributed by atoms with Crippen LogP contribution in [-0.4, -0.2) is 73.5 Å². The lowest BCUT2D eigenvalue weighted by Gasteiger charge is -2.37. The molecule has 9 nitrogen and oxygen atoms in total. The van der Waals surface area contributed by atoms with Gasteiger partial charge in [0.2, 0.25) is 0 Å². The predicted molar refractivity (Wildman–Crippen MR) is 116 cm³/mol. The van der Waals surface area contributed by atoms with Crippen molar-refractivity contribution in [2.75, 3.05) is 44.7 Å². The van der Waals surface area contributed by atoms with Crippen molar-refractivity contribution in [3.63, 3.8) is 0 Å². The van der Waals surface area contributed by atoms with Crippen LogP contribution in [0.2, 0.25) is 0 Å². The zero-order valence-electron chi connectivity index (χ0n) is 19.0. The fourth-order valence-electron chi connectivity index (χ4n) is 3.43. The summed E-state index contributed by atoms with van der Waals surface area (Å²) in [6, 6.07) is 3.91. The molecule has 0 bridgehead atoms. The van der Waals surface area contributed by atoms with E-state index >= 15 is 0 Å². The van der Waals surface area contributed by atoms with E-state index in [2.05, 4.69) is 10.2 Å². The van der Waals surface area contributed by atoms with Gasteiger partial charge in [0.15, 0.2) is 0 Å². The standard InChI is InChI=1S/C22H33N3O6/c1-15-17(12-20(28)30-5)10-16(13-23-14-19(26)27)11-18(15)24-6-8-25(9-7-24)21(29)31-22(2,3)4/h10-11,23H,6-9,12-14H2,1-5H3,(H,26,27). The molecule has 9 heteroatoms. The minimum absolute atomic E-state index is 0.139. The van der Waals surface area contributed by atoms with Crippen LogP contribution in [0.15, 0.2) is 12.1 Å². The number of ether oxygens (including phenoxy) is 2. The highest BCUT2D eigenvalue weighted by Gasteiger charge is 2.27. The molecule has 0 spiro atoms. The summed E-state index contributed by atoms with van der Waals surface area (Å²) >= 11 is 0. The summed E-state index contributed by atoms with van der Waals surface area (Å²) in [5.74, 6) is -1.26. The number of benzene rings is 1. The van der Waals surface area contributed by atoms with Gasteiger partial charge in [-0.05, 0) is 50.5 Å². The van der Waals surface area contributed by atoms with Crippen molar-refractivity contribution >= 4 is 23.7 Å². The van der Waals surface area contributed by atoms with Gasteiger partial charge in [0.05, 0.1) is 20.1 Å². The summed E-state index contributed by atoms with van der Waals surface area (Å²) in [7, 11) is 1.35. The number of methoxy groups -OCH3 is 1. The fourth-order valence-corrected chi connectivity index (χ4v) is 3.43. The van der Waals surface area contributed by atoms with Crippen LogP contribution in [0.5, 0.6) is 0 Å². The lowest BCUT2D eigenvalue weighted by Crippen LogP contribution is -2.50. The monoisotopic (exact) mass is 435 g/mol. The smallest absolute Gasteiger partial charge is 0.410 e. The second-order valence-electron chi connectivity index (χ2n) is 8.60. The van der Waals surface area contributed by atoms with Crippen LogP contribution in [0.3, 0.4) is 0 Å². The van der Waals surface area contributed by atoms with Gasteiger partial charge < -0.3 is 29.7 Å². The number of esters is 1. The number of rotatable bonds is 7. The van der Waals surface area contributed by atoms with Crippen LogP contribution >= 0.6 is 0 Å². The Bertz CT molecular complexity index is 810. The average molecular weight is 436 g/mol. The molecule has 172 valence electrons. The average Bonchev–Trinajstić information content (AvgIpc) is 2.68. The molecule has 0 saturated carbocycles. The summed E-state index contributed by atoms with van der Waals surface area (Å²) in [6.45, 7) is 10.0. The van der Waals surface area contributed by atoms with Gasteiger partial charge in [-0.15, -0.1) is 0 Å². The van der Waals surface area contributed by atoms with Crippen LogP contribution in [0.25, 0.3) is 0 Å². The van der Waals surface area contributed by atoms with Crippen LogP contribution in [0, 0.1) is 6.92 Å². The van der Waals surface area contributed by atoms with Crippen LogP contribution < -0.4 is 10.2 Å². The molecule has 2 N–H and O–H groups in total. The van der Waals surface area contributed by atoms with E-state index in [1.54, 1.807) is 4.90 Å². The first-order chi connectivity index (χ1) is 14.5. The van der Waals surface area contributed by atoms with Gasteiger partial charge in [-0.1, -0.05) is 6.07 Å². The number of amides is 1. The first-order valence-electron chi connectivity index (χ1n) is 10.3. The molecule has 1 aliphatic heterocycles. The Morgan fingerprint density at radius 2 is 1.77 bits per heavy atom. The second kappa shape index (κ2) is 10.5. The Morgan fingerprint density at radius 1 is 1.13 bits per heavy atom. The van der Waals surface area contributed by atoms with Gasteiger partial charge in [0.1, 0.15) is 5.60 Å². The number of hydrogen-bond acceptors (Lipinski definition) is 7. The maximum Gasteiger partial charge on any atom is 0.410 e. The van der Waals surface area contributed by atoms with Crippen molar-refractivity contribution in [2.24, 2.45) is 0 Å². The maximum atomic E-state index is 12.3. The summed E-state index contributed by atoms with van der Waals surface area (Å²) < 4.78 is 10.3. The molecule has 0 atom stereocenters. The lowest BCUT2D eigenvalue weighted by atomic mass is 9.98. The van der Waals surface area contributed by atoms with E-state index in [1.165, 1.54) is 7.11 Å². The molecule has 1 aromatic rings. The number of carbonyl (C=O) groups is 3. The minimum Gasteiger partial charge on any atom is -0.480 e. The topological polar surface area (TPSA) is 108 Å².